The summed E-state index contributed by atoms with van der Waals surface area (Å²) >= 11 is 5.31. The molecule has 2 aromatic carbocycles. The first kappa shape index (κ1) is 17.9. The predicted octanol–water partition coefficient (Wildman–Crippen LogP) is 4.29. The molecule has 0 spiro atoms. The van der Waals surface area contributed by atoms with Gasteiger partial charge in [-0.3, -0.25) is 0 Å². The van der Waals surface area contributed by atoms with Gasteiger partial charge in [0.25, 0.3) is 0 Å². The highest BCUT2D eigenvalue weighted by Gasteiger charge is 2.08. The molecule has 0 fully saturated rings. The SMILES string of the molecule is CCOc1ccc(/C=N/n2c(-c3ccccc3)n[nH]c2=S)c(OCC)c1. The van der Waals surface area contributed by atoms with Crippen LogP contribution < -0.4 is 9.47 Å². The molecule has 0 unspecified atom stereocenters. The minimum atomic E-state index is 0.420. The van der Waals surface area contributed by atoms with E-state index in [1.165, 1.54) is 0 Å². The summed E-state index contributed by atoms with van der Waals surface area (Å²) in [5.41, 5.74) is 1.76. The van der Waals surface area contributed by atoms with Gasteiger partial charge in [0.05, 0.1) is 19.4 Å². The Morgan fingerprint density at radius 3 is 2.62 bits per heavy atom. The third-order valence-corrected chi connectivity index (χ3v) is 3.85. The van der Waals surface area contributed by atoms with E-state index < -0.39 is 0 Å². The molecule has 0 bridgehead atoms. The number of aromatic nitrogens is 3. The number of hydrogen-bond donors (Lipinski definition) is 1. The topological polar surface area (TPSA) is 64.4 Å². The fourth-order valence-corrected chi connectivity index (χ4v) is 2.63. The molecule has 0 aliphatic carbocycles. The minimum absolute atomic E-state index is 0.420. The van der Waals surface area contributed by atoms with Crippen molar-refractivity contribution in [3.63, 3.8) is 0 Å². The lowest BCUT2D eigenvalue weighted by Gasteiger charge is -2.10. The summed E-state index contributed by atoms with van der Waals surface area (Å²) in [5.74, 6) is 2.12. The van der Waals surface area contributed by atoms with Crippen LogP contribution in [0.3, 0.4) is 0 Å². The van der Waals surface area contributed by atoms with Gasteiger partial charge in [0.1, 0.15) is 11.5 Å². The quantitative estimate of drug-likeness (QED) is 0.499. The van der Waals surface area contributed by atoms with E-state index in [0.29, 0.717) is 29.6 Å². The van der Waals surface area contributed by atoms with Crippen molar-refractivity contribution in [1.29, 1.82) is 0 Å². The van der Waals surface area contributed by atoms with E-state index in [-0.39, 0.29) is 0 Å². The summed E-state index contributed by atoms with van der Waals surface area (Å²) < 4.78 is 13.3. The van der Waals surface area contributed by atoms with Crippen LogP contribution in [0.15, 0.2) is 53.6 Å². The molecular weight excluding hydrogens is 348 g/mol. The number of hydrogen-bond acceptors (Lipinski definition) is 5. The third kappa shape index (κ3) is 4.00. The Morgan fingerprint density at radius 2 is 1.88 bits per heavy atom. The molecule has 134 valence electrons. The highest BCUT2D eigenvalue weighted by atomic mass is 32.1. The summed E-state index contributed by atoms with van der Waals surface area (Å²) in [4.78, 5) is 0. The van der Waals surface area contributed by atoms with E-state index in [2.05, 4.69) is 15.3 Å². The number of H-pyrrole nitrogens is 1. The van der Waals surface area contributed by atoms with Gasteiger partial charge in [-0.25, -0.2) is 5.10 Å². The Balaban J connectivity index is 1.96. The van der Waals surface area contributed by atoms with Crippen molar-refractivity contribution >= 4 is 18.4 Å². The Kier molecular flexibility index (Phi) is 5.80. The van der Waals surface area contributed by atoms with Crippen LogP contribution in [-0.4, -0.2) is 34.3 Å². The van der Waals surface area contributed by atoms with E-state index in [9.17, 15) is 0 Å². The van der Waals surface area contributed by atoms with Crippen molar-refractivity contribution in [2.24, 2.45) is 5.10 Å². The van der Waals surface area contributed by atoms with Crippen molar-refractivity contribution in [3.8, 4) is 22.9 Å². The van der Waals surface area contributed by atoms with E-state index in [1.54, 1.807) is 10.9 Å². The van der Waals surface area contributed by atoms with Crippen LogP contribution >= 0.6 is 12.2 Å². The highest BCUT2D eigenvalue weighted by molar-refractivity contribution is 7.71. The van der Waals surface area contributed by atoms with Crippen molar-refractivity contribution in [3.05, 3.63) is 58.9 Å². The maximum atomic E-state index is 5.71. The van der Waals surface area contributed by atoms with Crippen molar-refractivity contribution in [1.82, 2.24) is 14.9 Å². The normalized spacial score (nSPS) is 11.0. The zero-order valence-electron chi connectivity index (χ0n) is 14.7. The van der Waals surface area contributed by atoms with Crippen LogP contribution in [-0.2, 0) is 0 Å². The average Bonchev–Trinajstić information content (AvgIpc) is 3.03. The number of rotatable bonds is 7. The maximum absolute atomic E-state index is 5.71. The molecule has 0 amide bonds. The summed E-state index contributed by atoms with van der Waals surface area (Å²) in [6.07, 6.45) is 1.71. The Labute approximate surface area is 157 Å². The van der Waals surface area contributed by atoms with Crippen LogP contribution in [0.5, 0.6) is 11.5 Å². The second kappa shape index (κ2) is 8.44. The molecule has 1 N–H and O–H groups in total. The molecule has 0 saturated carbocycles. The van der Waals surface area contributed by atoms with E-state index >= 15 is 0 Å². The van der Waals surface area contributed by atoms with Crippen molar-refractivity contribution < 1.29 is 9.47 Å². The monoisotopic (exact) mass is 368 g/mol. The van der Waals surface area contributed by atoms with Gasteiger partial charge < -0.3 is 9.47 Å². The lowest BCUT2D eigenvalue weighted by Crippen LogP contribution is -2.00. The van der Waals surface area contributed by atoms with Crippen LogP contribution in [0.1, 0.15) is 19.4 Å². The molecule has 3 rings (SSSR count). The van der Waals surface area contributed by atoms with Crippen molar-refractivity contribution in [2.75, 3.05) is 13.2 Å². The molecule has 0 aliphatic heterocycles. The molecule has 26 heavy (non-hydrogen) atoms. The van der Waals surface area contributed by atoms with Gasteiger partial charge in [0.15, 0.2) is 5.82 Å². The van der Waals surface area contributed by atoms with E-state index in [1.807, 2.05) is 62.4 Å². The number of ether oxygens (including phenoxy) is 2. The lowest BCUT2D eigenvalue weighted by atomic mass is 10.2. The number of aromatic amines is 1. The van der Waals surface area contributed by atoms with Gasteiger partial charge in [-0.15, -0.1) is 0 Å². The van der Waals surface area contributed by atoms with E-state index in [4.69, 9.17) is 21.7 Å². The standard InChI is InChI=1S/C19H20N4O2S/c1-3-24-16-11-10-15(17(12-16)25-4-2)13-20-23-18(21-22-19(23)26)14-8-6-5-7-9-14/h5-13H,3-4H2,1-2H3,(H,22,26)/b20-13+. The van der Waals surface area contributed by atoms with Gasteiger partial charge in [-0.2, -0.15) is 14.9 Å². The molecule has 1 aromatic heterocycles. The number of nitrogens with zero attached hydrogens (tertiary/aromatic N) is 3. The zero-order chi connectivity index (χ0) is 18.4. The fourth-order valence-electron chi connectivity index (χ4n) is 2.45. The molecule has 1 heterocycles. The molecule has 6 nitrogen and oxygen atoms in total. The maximum Gasteiger partial charge on any atom is 0.216 e. The predicted molar refractivity (Wildman–Crippen MR) is 105 cm³/mol. The molecule has 0 aliphatic rings. The summed E-state index contributed by atoms with van der Waals surface area (Å²) in [5, 5.41) is 11.6. The summed E-state index contributed by atoms with van der Waals surface area (Å²) in [6.45, 7) is 5.04. The molecule has 0 atom stereocenters. The van der Waals surface area contributed by atoms with Crippen molar-refractivity contribution in [2.45, 2.75) is 13.8 Å². The fraction of sp³-hybridized carbons (Fsp3) is 0.211. The van der Waals surface area contributed by atoms with Gasteiger partial charge in [0, 0.05) is 17.2 Å². The van der Waals surface area contributed by atoms with Gasteiger partial charge in [-0.1, -0.05) is 30.3 Å². The Bertz CT molecular complexity index is 948. The van der Waals surface area contributed by atoms with Crippen LogP contribution in [0.4, 0.5) is 0 Å². The first-order valence-electron chi connectivity index (χ1n) is 8.39. The van der Waals surface area contributed by atoms with Gasteiger partial charge in [0.2, 0.25) is 4.77 Å². The van der Waals surface area contributed by atoms with E-state index in [0.717, 1.165) is 16.9 Å². The smallest absolute Gasteiger partial charge is 0.216 e. The average molecular weight is 368 g/mol. The van der Waals surface area contributed by atoms with Crippen LogP contribution in [0.2, 0.25) is 0 Å². The van der Waals surface area contributed by atoms with Gasteiger partial charge >= 0.3 is 0 Å². The van der Waals surface area contributed by atoms with Crippen LogP contribution in [0, 0.1) is 4.77 Å². The second-order valence-electron chi connectivity index (χ2n) is 5.34. The zero-order valence-corrected chi connectivity index (χ0v) is 15.5. The largest absolute Gasteiger partial charge is 0.494 e. The molecule has 7 heteroatoms. The number of benzene rings is 2. The van der Waals surface area contributed by atoms with Gasteiger partial charge in [-0.05, 0) is 38.2 Å². The molecule has 0 saturated heterocycles. The molecule has 3 aromatic rings. The summed E-state index contributed by atoms with van der Waals surface area (Å²) in [7, 11) is 0. The second-order valence-corrected chi connectivity index (χ2v) is 5.73. The molecular formula is C19H20N4O2S. The Hall–Kier alpha value is -2.93. The highest BCUT2D eigenvalue weighted by Crippen LogP contribution is 2.24. The Morgan fingerprint density at radius 1 is 1.12 bits per heavy atom. The summed E-state index contributed by atoms with van der Waals surface area (Å²) in [6, 6.07) is 15.4. The molecule has 0 radical (unpaired) electrons. The third-order valence-electron chi connectivity index (χ3n) is 3.59. The first-order valence-corrected chi connectivity index (χ1v) is 8.80. The first-order chi connectivity index (χ1) is 12.7. The number of nitrogens with one attached hydrogen (secondary N) is 1. The van der Waals surface area contributed by atoms with Crippen LogP contribution in [0.25, 0.3) is 11.4 Å². The lowest BCUT2D eigenvalue weighted by molar-refractivity contribution is 0.323. The minimum Gasteiger partial charge on any atom is -0.494 e.